The fourth-order valence-electron chi connectivity index (χ4n) is 3.02. The molecule has 0 fully saturated rings. The van der Waals surface area contributed by atoms with Crippen molar-refractivity contribution in [1.82, 2.24) is 0 Å². The molecule has 0 saturated heterocycles. The van der Waals surface area contributed by atoms with E-state index < -0.39 is 31.9 Å². The molecule has 2 nitrogen and oxygen atoms in total. The summed E-state index contributed by atoms with van der Waals surface area (Å²) in [7, 11) is 37.9. The van der Waals surface area contributed by atoms with Gasteiger partial charge in [0.15, 0.2) is 0 Å². The normalized spacial score (nSPS) is 10.1. The van der Waals surface area contributed by atoms with E-state index in [1.54, 1.807) is 6.07 Å². The highest BCUT2D eigenvalue weighted by Crippen LogP contribution is 2.36. The van der Waals surface area contributed by atoms with Gasteiger partial charge in [-0.2, -0.15) is 5.26 Å². The molecule has 14 heteroatoms. The molecule has 0 aliphatic rings. The number of nitriles is 1. The Bertz CT molecular complexity index is 871. The molecule has 0 unspecified atom stereocenters. The first-order valence-corrected chi connectivity index (χ1v) is 9.93. The second kappa shape index (κ2) is 11.9. The number of hydrogen-bond donors (Lipinski definition) is 1. The topological polar surface area (TPSA) is 44.0 Å². The number of benzene rings is 2. The predicted molar refractivity (Wildman–Crippen MR) is 146 cm³/mol. The molecular weight excluding hydrogens is 364 g/mol. The maximum Gasteiger partial charge on any atom is 0.141 e. The largest absolute Gasteiger partial charge is 0.506 e. The highest BCUT2D eigenvalue weighted by atomic mass is 16.3. The third kappa shape index (κ3) is 7.85. The average Bonchev–Trinajstić information content (AvgIpc) is 2.67. The second-order valence-electron chi connectivity index (χ2n) is 8.53. The zero-order valence-corrected chi connectivity index (χ0v) is 18.4. The smallest absolute Gasteiger partial charge is 0.141 e. The standard InChI is InChI=1S/C17H17NO.B12/c1-17(2,3)14-9-13(11-18)16(19)15(10-14)12-7-5-4-6-8-12;1-8(2)11(7)12(9(3)4)10(5)6/h4-10,19H,1-3H3;. The third-order valence-electron chi connectivity index (χ3n) is 4.96. The Balaban J connectivity index is 0.000000348. The minimum Gasteiger partial charge on any atom is -0.506 e. The lowest BCUT2D eigenvalue weighted by Crippen LogP contribution is -2.67. The summed E-state index contributed by atoms with van der Waals surface area (Å²) >= 11 is 0. The minimum absolute atomic E-state index is 0.0571. The van der Waals surface area contributed by atoms with Gasteiger partial charge in [0, 0.05) is 91.6 Å². The van der Waals surface area contributed by atoms with Crippen LogP contribution in [0.25, 0.3) is 11.1 Å². The fraction of sp³-hybridized carbons (Fsp3) is 0.235. The Morgan fingerprint density at radius 3 is 1.71 bits per heavy atom. The van der Waals surface area contributed by atoms with Crippen molar-refractivity contribution in [2.45, 2.75) is 26.2 Å². The van der Waals surface area contributed by atoms with Crippen molar-refractivity contribution in [1.29, 1.82) is 5.26 Å². The average molecular weight is 381 g/mol. The van der Waals surface area contributed by atoms with E-state index in [1.165, 1.54) is 0 Å². The minimum atomic E-state index is -0.723. The van der Waals surface area contributed by atoms with Gasteiger partial charge in [-0.25, -0.2) is 0 Å². The molecule has 0 aliphatic heterocycles. The maximum atomic E-state index is 10.2. The first kappa shape index (κ1) is 27.5. The maximum absolute atomic E-state index is 10.2. The number of hydrogen-bond acceptors (Lipinski definition) is 2. The monoisotopic (exact) mass is 383 g/mol. The highest BCUT2D eigenvalue weighted by molar-refractivity contribution is 8.05. The van der Waals surface area contributed by atoms with Crippen LogP contribution < -0.4 is 0 Å². The Morgan fingerprint density at radius 1 is 0.839 bits per heavy atom. The Labute approximate surface area is 198 Å². The summed E-state index contributed by atoms with van der Waals surface area (Å²) in [6.07, 6.45) is -3.22. The van der Waals surface area contributed by atoms with Gasteiger partial charge in [0.2, 0.25) is 0 Å². The summed E-state index contributed by atoms with van der Waals surface area (Å²) in [5.74, 6) is 0.0571. The van der Waals surface area contributed by atoms with Crippen LogP contribution in [0.1, 0.15) is 31.9 Å². The van der Waals surface area contributed by atoms with Crippen molar-refractivity contribution in [3.8, 4) is 22.9 Å². The van der Waals surface area contributed by atoms with E-state index in [-0.39, 0.29) is 11.2 Å². The number of nitrogens with zero attached hydrogens (tertiary/aromatic N) is 1. The van der Waals surface area contributed by atoms with Gasteiger partial charge in [0.1, 0.15) is 11.8 Å². The van der Waals surface area contributed by atoms with Crippen LogP contribution in [-0.2, 0) is 5.41 Å². The van der Waals surface area contributed by atoms with Gasteiger partial charge >= 0.3 is 0 Å². The van der Waals surface area contributed by atoms with Crippen molar-refractivity contribution >= 4 is 86.1 Å². The van der Waals surface area contributed by atoms with Crippen LogP contribution in [0.15, 0.2) is 42.5 Å². The number of phenolic OH excluding ortho intramolecular Hbond substituents is 1. The lowest BCUT2D eigenvalue weighted by Gasteiger charge is -2.29. The highest BCUT2D eigenvalue weighted by Gasteiger charge is 2.30. The summed E-state index contributed by atoms with van der Waals surface area (Å²) < 4.78 is 0. The van der Waals surface area contributed by atoms with E-state index in [9.17, 15) is 5.11 Å². The van der Waals surface area contributed by atoms with Crippen LogP contribution in [-0.4, -0.2) is 91.2 Å². The van der Waals surface area contributed by atoms with Crippen LogP contribution >= 0.6 is 0 Å². The van der Waals surface area contributed by atoms with Crippen LogP contribution in [0.5, 0.6) is 5.75 Å². The van der Waals surface area contributed by atoms with Gasteiger partial charge in [-0.1, -0.05) is 51.1 Å². The summed E-state index contributed by atoms with van der Waals surface area (Å²) in [6.45, 7) is 6.28. The van der Waals surface area contributed by atoms with Gasteiger partial charge in [0.05, 0.1) is 5.56 Å². The molecule has 0 amide bonds. The van der Waals surface area contributed by atoms with Crippen LogP contribution in [0, 0.1) is 11.3 Å². The number of phenols is 1. The Hall–Kier alpha value is -1.49. The van der Waals surface area contributed by atoms with Gasteiger partial charge in [-0.3, -0.25) is 0 Å². The molecule has 2 aromatic carbocycles. The number of rotatable bonds is 5. The molecule has 0 saturated carbocycles. The molecule has 2 aromatic rings. The van der Waals surface area contributed by atoms with E-state index in [0.717, 1.165) is 11.1 Å². The molecule has 31 heavy (non-hydrogen) atoms. The summed E-state index contributed by atoms with van der Waals surface area (Å²) in [4.78, 5) is 0. The summed E-state index contributed by atoms with van der Waals surface area (Å²) in [5.41, 5.74) is 2.93. The zero-order chi connectivity index (χ0) is 23.9. The molecule has 0 atom stereocenters. The van der Waals surface area contributed by atoms with Crippen molar-refractivity contribution in [2.75, 3.05) is 0 Å². The first-order chi connectivity index (χ1) is 14.3. The third-order valence-corrected chi connectivity index (χ3v) is 4.96. The second-order valence-corrected chi connectivity index (χ2v) is 8.53. The molecule has 14 radical (unpaired) electrons. The molecule has 2 rings (SSSR count). The van der Waals surface area contributed by atoms with E-state index in [2.05, 4.69) is 26.8 Å². The first-order valence-electron chi connectivity index (χ1n) is 9.93. The molecular formula is C17H17B12NO. The van der Waals surface area contributed by atoms with Crippen molar-refractivity contribution in [2.24, 2.45) is 0 Å². The Kier molecular flexibility index (Phi) is 10.6. The molecule has 1 N–H and O–H groups in total. The van der Waals surface area contributed by atoms with Crippen molar-refractivity contribution in [3.63, 3.8) is 0 Å². The zero-order valence-electron chi connectivity index (χ0n) is 18.4. The SMILES string of the molecule is CC(C)(C)c1cc(C#N)c(O)c(-c2ccccc2)c1.[B]B([B])B([B])B(B([B])[B])B([B])[B]. The van der Waals surface area contributed by atoms with Crippen LogP contribution in [0.2, 0.25) is 0 Å². The van der Waals surface area contributed by atoms with Gasteiger partial charge in [0.25, 0.3) is 0 Å². The quantitative estimate of drug-likeness (QED) is 0.721. The van der Waals surface area contributed by atoms with Gasteiger partial charge in [-0.05, 0) is 28.7 Å². The Morgan fingerprint density at radius 2 is 1.35 bits per heavy atom. The molecule has 0 aromatic heterocycles. The summed E-state index contributed by atoms with van der Waals surface area (Å²) in [5, 5.41) is 19.4. The van der Waals surface area contributed by atoms with Crippen molar-refractivity contribution in [3.05, 3.63) is 53.6 Å². The predicted octanol–water partition coefficient (Wildman–Crippen LogP) is -0.341. The van der Waals surface area contributed by atoms with Crippen LogP contribution in [0.4, 0.5) is 0 Å². The van der Waals surface area contributed by atoms with E-state index in [4.69, 9.17) is 59.4 Å². The van der Waals surface area contributed by atoms with E-state index in [0.29, 0.717) is 11.1 Å². The molecule has 0 bridgehead atoms. The van der Waals surface area contributed by atoms with Gasteiger partial charge < -0.3 is 5.11 Å². The van der Waals surface area contributed by atoms with Crippen molar-refractivity contribution < 1.29 is 5.11 Å². The van der Waals surface area contributed by atoms with Crippen LogP contribution in [0.3, 0.4) is 0 Å². The number of aromatic hydroxyl groups is 1. The lowest BCUT2D eigenvalue weighted by atomic mass is 8.53. The fourth-order valence-corrected chi connectivity index (χ4v) is 3.02. The van der Waals surface area contributed by atoms with E-state index in [1.807, 2.05) is 36.4 Å². The van der Waals surface area contributed by atoms with E-state index >= 15 is 0 Å². The van der Waals surface area contributed by atoms with Gasteiger partial charge in [-0.15, -0.1) is 0 Å². The molecule has 0 spiro atoms. The molecule has 0 heterocycles. The summed E-state index contributed by atoms with van der Waals surface area (Å²) in [6, 6.07) is 15.4. The molecule has 132 valence electrons. The molecule has 0 aliphatic carbocycles. The lowest BCUT2D eigenvalue weighted by molar-refractivity contribution is 0.474.